The second kappa shape index (κ2) is 3.98. The molecule has 91 valence electrons. The highest BCUT2D eigenvalue weighted by Gasteiger charge is 2.22. The lowest BCUT2D eigenvalue weighted by atomic mass is 9.87. The van der Waals surface area contributed by atoms with Crippen molar-refractivity contribution in [2.24, 2.45) is 0 Å². The maximum atomic E-state index is 9.61. The van der Waals surface area contributed by atoms with E-state index < -0.39 is 6.29 Å². The predicted octanol–water partition coefficient (Wildman–Crippen LogP) is 1.90. The third-order valence-electron chi connectivity index (χ3n) is 3.54. The van der Waals surface area contributed by atoms with Crippen molar-refractivity contribution in [1.29, 1.82) is 0 Å². The monoisotopic (exact) mass is 248 g/mol. The van der Waals surface area contributed by atoms with Gasteiger partial charge in [-0.2, -0.15) is 0 Å². The first-order valence-electron chi connectivity index (χ1n) is 6.20. The quantitative estimate of drug-likeness (QED) is 0.667. The van der Waals surface area contributed by atoms with E-state index in [2.05, 4.69) is 29.0 Å². The number of hydrogen-bond acceptors (Lipinski definition) is 2. The third-order valence-corrected chi connectivity index (χ3v) is 3.54. The minimum Gasteiger partial charge on any atom is -0.407 e. The molecule has 1 aliphatic rings. The van der Waals surface area contributed by atoms with Gasteiger partial charge in [0.1, 0.15) is 0 Å². The number of aliphatic hydroxyl groups is 1. The Morgan fingerprint density at radius 3 is 2.95 bits per heavy atom. The number of para-hydroxylation sites is 1. The van der Waals surface area contributed by atoms with Crippen molar-refractivity contribution in [2.45, 2.75) is 6.29 Å². The molecule has 1 N–H and O–H groups in total. The van der Waals surface area contributed by atoms with E-state index in [9.17, 15) is 5.11 Å². The SMILES string of the molecule is OC1O[B]c2cc(-n3ccc4ccccc43)ccc21. The summed E-state index contributed by atoms with van der Waals surface area (Å²) in [7, 11) is 1.61. The lowest BCUT2D eigenvalue weighted by Crippen LogP contribution is -2.12. The van der Waals surface area contributed by atoms with Gasteiger partial charge in [-0.25, -0.2) is 0 Å². The van der Waals surface area contributed by atoms with Crippen LogP contribution < -0.4 is 5.46 Å². The van der Waals surface area contributed by atoms with Crippen molar-refractivity contribution in [1.82, 2.24) is 4.57 Å². The topological polar surface area (TPSA) is 34.4 Å². The van der Waals surface area contributed by atoms with Crippen molar-refractivity contribution < 1.29 is 9.76 Å². The van der Waals surface area contributed by atoms with Gasteiger partial charge in [-0.15, -0.1) is 0 Å². The van der Waals surface area contributed by atoms with Gasteiger partial charge >= 0.3 is 7.48 Å². The predicted molar refractivity (Wildman–Crippen MR) is 74.7 cm³/mol. The summed E-state index contributed by atoms with van der Waals surface area (Å²) in [5, 5.41) is 10.8. The average molecular weight is 248 g/mol. The second-order valence-corrected chi connectivity index (χ2v) is 4.66. The zero-order valence-corrected chi connectivity index (χ0v) is 10.2. The molecule has 2 heterocycles. The summed E-state index contributed by atoms with van der Waals surface area (Å²) in [6.45, 7) is 0. The fraction of sp³-hybridized carbons (Fsp3) is 0.0667. The van der Waals surface area contributed by atoms with Gasteiger partial charge in [0, 0.05) is 17.4 Å². The molecule has 19 heavy (non-hydrogen) atoms. The van der Waals surface area contributed by atoms with Crippen LogP contribution in [0.25, 0.3) is 16.6 Å². The van der Waals surface area contributed by atoms with Gasteiger partial charge in [-0.3, -0.25) is 0 Å². The first-order valence-corrected chi connectivity index (χ1v) is 6.20. The molecule has 0 saturated heterocycles. The first kappa shape index (κ1) is 10.8. The summed E-state index contributed by atoms with van der Waals surface area (Å²) < 4.78 is 7.24. The van der Waals surface area contributed by atoms with Crippen LogP contribution in [0.3, 0.4) is 0 Å². The smallest absolute Gasteiger partial charge is 0.334 e. The highest BCUT2D eigenvalue weighted by molar-refractivity contribution is 6.49. The molecule has 3 aromatic rings. The van der Waals surface area contributed by atoms with Crippen LogP contribution in [0, 0.1) is 0 Å². The van der Waals surface area contributed by atoms with Crippen LogP contribution in [-0.4, -0.2) is 17.2 Å². The van der Waals surface area contributed by atoms with Crippen LogP contribution in [0.2, 0.25) is 0 Å². The Balaban J connectivity index is 1.89. The van der Waals surface area contributed by atoms with Crippen LogP contribution in [0.5, 0.6) is 0 Å². The molecular weight excluding hydrogens is 237 g/mol. The van der Waals surface area contributed by atoms with E-state index in [4.69, 9.17) is 4.65 Å². The Labute approximate surface area is 111 Å². The lowest BCUT2D eigenvalue weighted by molar-refractivity contribution is -0.00793. The molecule has 0 aliphatic carbocycles. The highest BCUT2D eigenvalue weighted by Crippen LogP contribution is 2.23. The van der Waals surface area contributed by atoms with Crippen molar-refractivity contribution >= 4 is 23.8 Å². The molecule has 0 spiro atoms. The highest BCUT2D eigenvalue weighted by atomic mass is 16.6. The van der Waals surface area contributed by atoms with Gasteiger partial charge in [0.2, 0.25) is 0 Å². The number of nitrogens with zero attached hydrogens (tertiary/aromatic N) is 1. The summed E-state index contributed by atoms with van der Waals surface area (Å²) >= 11 is 0. The third kappa shape index (κ3) is 1.61. The Morgan fingerprint density at radius 2 is 2.00 bits per heavy atom. The summed E-state index contributed by atoms with van der Waals surface area (Å²) in [5.74, 6) is 0. The Morgan fingerprint density at radius 1 is 1.11 bits per heavy atom. The molecule has 0 fully saturated rings. The van der Waals surface area contributed by atoms with Gasteiger partial charge in [0.25, 0.3) is 0 Å². The maximum absolute atomic E-state index is 9.61. The summed E-state index contributed by atoms with van der Waals surface area (Å²) in [6, 6.07) is 16.3. The molecule has 4 rings (SSSR count). The second-order valence-electron chi connectivity index (χ2n) is 4.66. The van der Waals surface area contributed by atoms with Gasteiger partial charge in [-0.1, -0.05) is 24.3 Å². The molecule has 0 bridgehead atoms. The number of benzene rings is 2. The van der Waals surface area contributed by atoms with E-state index >= 15 is 0 Å². The minimum absolute atomic E-state index is 0.820. The molecular formula is C15H11BNO2. The van der Waals surface area contributed by atoms with Crippen molar-refractivity contribution in [3.8, 4) is 5.69 Å². The Hall–Kier alpha value is -2.04. The molecule has 1 aliphatic heterocycles. The van der Waals surface area contributed by atoms with E-state index in [0.29, 0.717) is 0 Å². The van der Waals surface area contributed by atoms with Crippen LogP contribution in [0.1, 0.15) is 11.9 Å². The standard InChI is InChI=1S/C15H11BNO2/c18-15-12-6-5-11(9-13(12)16-19-15)17-8-7-10-3-1-2-4-14(10)17/h1-9,15,18H. The van der Waals surface area contributed by atoms with E-state index in [1.54, 1.807) is 7.48 Å². The van der Waals surface area contributed by atoms with Gasteiger partial charge in [-0.05, 0) is 35.1 Å². The largest absolute Gasteiger partial charge is 0.407 e. The number of rotatable bonds is 1. The summed E-state index contributed by atoms with van der Waals surface area (Å²) in [4.78, 5) is 0. The molecule has 1 atom stereocenters. The average Bonchev–Trinajstić information content (AvgIpc) is 3.03. The molecule has 0 amide bonds. The molecule has 2 aromatic carbocycles. The van der Waals surface area contributed by atoms with Gasteiger partial charge < -0.3 is 14.3 Å². The fourth-order valence-electron chi connectivity index (χ4n) is 2.56. The summed E-state index contributed by atoms with van der Waals surface area (Å²) in [5.41, 5.74) is 3.99. The number of hydrogen-bond donors (Lipinski definition) is 1. The Bertz CT molecular complexity index is 766. The number of fused-ring (bicyclic) bond motifs is 2. The Kier molecular flexibility index (Phi) is 2.27. The van der Waals surface area contributed by atoms with Gasteiger partial charge in [0.15, 0.2) is 6.29 Å². The molecule has 1 radical (unpaired) electrons. The van der Waals surface area contributed by atoms with Gasteiger partial charge in [0.05, 0.1) is 5.52 Å². The zero-order valence-electron chi connectivity index (χ0n) is 10.2. The lowest BCUT2D eigenvalue weighted by Gasteiger charge is -2.08. The maximum Gasteiger partial charge on any atom is 0.334 e. The van der Waals surface area contributed by atoms with Crippen molar-refractivity contribution in [3.05, 3.63) is 60.3 Å². The fourth-order valence-corrected chi connectivity index (χ4v) is 2.56. The van der Waals surface area contributed by atoms with Crippen LogP contribution >= 0.6 is 0 Å². The first-order chi connectivity index (χ1) is 9.33. The minimum atomic E-state index is -0.828. The van der Waals surface area contributed by atoms with Crippen molar-refractivity contribution in [2.75, 3.05) is 0 Å². The van der Waals surface area contributed by atoms with Crippen LogP contribution in [0.15, 0.2) is 54.7 Å². The van der Waals surface area contributed by atoms with E-state index in [0.717, 1.165) is 16.7 Å². The number of aliphatic hydroxyl groups excluding tert-OH is 1. The number of aromatic nitrogens is 1. The molecule has 0 saturated carbocycles. The van der Waals surface area contributed by atoms with E-state index in [1.807, 2.05) is 30.3 Å². The van der Waals surface area contributed by atoms with E-state index in [-0.39, 0.29) is 0 Å². The molecule has 1 aromatic heterocycles. The normalized spacial score (nSPS) is 17.4. The molecule has 4 heteroatoms. The molecule has 1 unspecified atom stereocenters. The zero-order chi connectivity index (χ0) is 12.8. The summed E-state index contributed by atoms with van der Waals surface area (Å²) in [6.07, 6.45) is 1.23. The van der Waals surface area contributed by atoms with Crippen LogP contribution in [-0.2, 0) is 4.65 Å². The van der Waals surface area contributed by atoms with Crippen molar-refractivity contribution in [3.63, 3.8) is 0 Å². The molecule has 3 nitrogen and oxygen atoms in total. The van der Waals surface area contributed by atoms with E-state index in [1.165, 1.54) is 10.9 Å². The van der Waals surface area contributed by atoms with Crippen LogP contribution in [0.4, 0.5) is 0 Å².